The van der Waals surface area contributed by atoms with E-state index in [1.807, 2.05) is 0 Å². The van der Waals surface area contributed by atoms with Crippen LogP contribution in [0.3, 0.4) is 0 Å². The number of hydrogen-bond donors (Lipinski definition) is 1. The molecular weight excluding hydrogens is 386 g/mol. The summed E-state index contributed by atoms with van der Waals surface area (Å²) >= 11 is 0. The van der Waals surface area contributed by atoms with Gasteiger partial charge in [0.25, 0.3) is 0 Å². The number of nitrogens with zero attached hydrogens (tertiary/aromatic N) is 1. The first kappa shape index (κ1) is 22.1. The summed E-state index contributed by atoms with van der Waals surface area (Å²) in [6.45, 7) is 9.50. The summed E-state index contributed by atoms with van der Waals surface area (Å²) in [7, 11) is 0. The maximum absolute atomic E-state index is 11.3. The molecule has 0 aromatic heterocycles. The van der Waals surface area contributed by atoms with Gasteiger partial charge < -0.3 is 9.84 Å². The number of aliphatic carboxylic acids is 1. The van der Waals surface area contributed by atoms with E-state index in [1.165, 1.54) is 29.2 Å². The van der Waals surface area contributed by atoms with Crippen LogP contribution < -0.4 is 4.74 Å². The molecule has 1 unspecified atom stereocenters. The lowest BCUT2D eigenvalue weighted by Crippen LogP contribution is -2.38. The Morgan fingerprint density at radius 2 is 1.74 bits per heavy atom. The summed E-state index contributed by atoms with van der Waals surface area (Å²) < 4.78 is 6.35. The molecule has 0 bridgehead atoms. The molecule has 1 N–H and O–H groups in total. The van der Waals surface area contributed by atoms with Gasteiger partial charge in [0.2, 0.25) is 0 Å². The van der Waals surface area contributed by atoms with E-state index in [1.54, 1.807) is 0 Å². The van der Waals surface area contributed by atoms with Crippen LogP contribution in [0.5, 0.6) is 5.75 Å². The van der Waals surface area contributed by atoms with Gasteiger partial charge in [-0.15, -0.1) is 0 Å². The molecule has 2 aliphatic rings. The van der Waals surface area contributed by atoms with Gasteiger partial charge in [0, 0.05) is 13.1 Å². The quantitative estimate of drug-likeness (QED) is 0.629. The standard InChI is InChI=1S/C27H37NO3/c1-27(2,3)23-9-12-24(13-10-23)31-25-11-8-20-15-19(6-7-21(20)16-25)17-28-14-4-5-22(18-28)26(29)30/h6-8,11,15-16,22-24H,4-5,9-10,12-14,17-18H2,1-3H3,(H,29,30). The molecule has 1 saturated heterocycles. The molecule has 0 amide bonds. The monoisotopic (exact) mass is 423 g/mol. The zero-order chi connectivity index (χ0) is 22.0. The maximum atomic E-state index is 11.3. The lowest BCUT2D eigenvalue weighted by atomic mass is 9.72. The zero-order valence-electron chi connectivity index (χ0n) is 19.3. The predicted molar refractivity (Wildman–Crippen MR) is 125 cm³/mol. The van der Waals surface area contributed by atoms with Crippen molar-refractivity contribution in [2.24, 2.45) is 17.3 Å². The van der Waals surface area contributed by atoms with Crippen LogP contribution in [0.15, 0.2) is 36.4 Å². The van der Waals surface area contributed by atoms with E-state index < -0.39 is 5.97 Å². The molecule has 0 radical (unpaired) electrons. The van der Waals surface area contributed by atoms with Gasteiger partial charge in [-0.05, 0) is 90.9 Å². The smallest absolute Gasteiger partial charge is 0.307 e. The number of ether oxygens (including phenoxy) is 1. The van der Waals surface area contributed by atoms with E-state index >= 15 is 0 Å². The number of piperidine rings is 1. The van der Waals surface area contributed by atoms with Crippen LogP contribution in [0.25, 0.3) is 10.8 Å². The molecule has 2 aromatic rings. The summed E-state index contributed by atoms with van der Waals surface area (Å²) in [6.07, 6.45) is 6.89. The molecule has 1 atom stereocenters. The SMILES string of the molecule is CC(C)(C)C1CCC(Oc2ccc3cc(CN4CCCC(C(=O)O)C4)ccc3c2)CC1. The molecule has 2 aromatic carbocycles. The van der Waals surface area contributed by atoms with Gasteiger partial charge in [0.05, 0.1) is 12.0 Å². The Hall–Kier alpha value is -2.07. The second-order valence-electron chi connectivity index (χ2n) is 10.7. The number of rotatable bonds is 5. The highest BCUT2D eigenvalue weighted by Crippen LogP contribution is 2.39. The minimum Gasteiger partial charge on any atom is -0.490 e. The van der Waals surface area contributed by atoms with Crippen molar-refractivity contribution in [3.05, 3.63) is 42.0 Å². The van der Waals surface area contributed by atoms with Crippen molar-refractivity contribution < 1.29 is 14.6 Å². The lowest BCUT2D eigenvalue weighted by Gasteiger charge is -2.37. The number of fused-ring (bicyclic) bond motifs is 1. The topological polar surface area (TPSA) is 49.8 Å². The van der Waals surface area contributed by atoms with Crippen molar-refractivity contribution in [1.82, 2.24) is 4.90 Å². The van der Waals surface area contributed by atoms with Gasteiger partial charge in [0.1, 0.15) is 5.75 Å². The fraction of sp³-hybridized carbons (Fsp3) is 0.593. The van der Waals surface area contributed by atoms with E-state index in [0.29, 0.717) is 18.1 Å². The van der Waals surface area contributed by atoms with Gasteiger partial charge >= 0.3 is 5.97 Å². The molecule has 4 nitrogen and oxygen atoms in total. The maximum Gasteiger partial charge on any atom is 0.307 e. The highest BCUT2D eigenvalue weighted by atomic mass is 16.5. The first-order valence-electron chi connectivity index (χ1n) is 11.9. The van der Waals surface area contributed by atoms with E-state index in [-0.39, 0.29) is 5.92 Å². The van der Waals surface area contributed by atoms with E-state index in [0.717, 1.165) is 50.4 Å². The third kappa shape index (κ3) is 5.60. The first-order valence-corrected chi connectivity index (χ1v) is 11.9. The molecule has 31 heavy (non-hydrogen) atoms. The van der Waals surface area contributed by atoms with E-state index in [2.05, 4.69) is 62.1 Å². The fourth-order valence-corrected chi connectivity index (χ4v) is 5.34. The summed E-state index contributed by atoms with van der Waals surface area (Å²) in [5.74, 6) is 0.878. The van der Waals surface area contributed by atoms with Crippen molar-refractivity contribution in [3.63, 3.8) is 0 Å². The highest BCUT2D eigenvalue weighted by molar-refractivity contribution is 5.84. The molecule has 0 spiro atoms. The van der Waals surface area contributed by atoms with Crippen molar-refractivity contribution >= 4 is 16.7 Å². The molecule has 2 fully saturated rings. The van der Waals surface area contributed by atoms with Gasteiger partial charge in [0.15, 0.2) is 0 Å². The number of carbonyl (C=O) groups is 1. The van der Waals surface area contributed by atoms with Crippen LogP contribution >= 0.6 is 0 Å². The number of hydrogen-bond acceptors (Lipinski definition) is 3. The van der Waals surface area contributed by atoms with Crippen LogP contribution in [-0.2, 0) is 11.3 Å². The molecule has 1 saturated carbocycles. The minimum atomic E-state index is -0.664. The average molecular weight is 424 g/mol. The molecule has 4 heteroatoms. The van der Waals surface area contributed by atoms with Crippen molar-refractivity contribution in [3.8, 4) is 5.75 Å². The molecule has 1 aliphatic carbocycles. The number of carboxylic acids is 1. The zero-order valence-corrected chi connectivity index (χ0v) is 19.3. The van der Waals surface area contributed by atoms with Gasteiger partial charge in [-0.25, -0.2) is 0 Å². The summed E-state index contributed by atoms with van der Waals surface area (Å²) in [4.78, 5) is 13.6. The van der Waals surface area contributed by atoms with Crippen LogP contribution in [0.1, 0.15) is 64.9 Å². The number of carboxylic acid groups (broad SMARTS) is 1. The Kier molecular flexibility index (Phi) is 6.57. The van der Waals surface area contributed by atoms with Crippen molar-refractivity contribution in [1.29, 1.82) is 0 Å². The molecule has 1 heterocycles. The van der Waals surface area contributed by atoms with Crippen molar-refractivity contribution in [2.45, 2.75) is 71.9 Å². The van der Waals surface area contributed by atoms with Gasteiger partial charge in [-0.3, -0.25) is 9.69 Å². The number of likely N-dealkylation sites (tertiary alicyclic amines) is 1. The summed E-state index contributed by atoms with van der Waals surface area (Å²) in [5, 5.41) is 11.7. The highest BCUT2D eigenvalue weighted by Gasteiger charge is 2.30. The largest absolute Gasteiger partial charge is 0.490 e. The number of benzene rings is 2. The minimum absolute atomic E-state index is 0.229. The van der Waals surface area contributed by atoms with Gasteiger partial charge in [-0.2, -0.15) is 0 Å². The molecule has 4 rings (SSSR count). The Labute approximate surface area is 186 Å². The third-order valence-corrected chi connectivity index (χ3v) is 7.34. The third-order valence-electron chi connectivity index (χ3n) is 7.34. The second-order valence-corrected chi connectivity index (χ2v) is 10.7. The van der Waals surface area contributed by atoms with E-state index in [9.17, 15) is 9.90 Å². The van der Waals surface area contributed by atoms with Crippen LogP contribution in [-0.4, -0.2) is 35.2 Å². The van der Waals surface area contributed by atoms with E-state index in [4.69, 9.17) is 4.74 Å². The van der Waals surface area contributed by atoms with Crippen LogP contribution in [0.2, 0.25) is 0 Å². The summed E-state index contributed by atoms with van der Waals surface area (Å²) in [5.41, 5.74) is 1.64. The van der Waals surface area contributed by atoms with Crippen LogP contribution in [0.4, 0.5) is 0 Å². The Balaban J connectivity index is 1.37. The molecule has 1 aliphatic heterocycles. The Bertz CT molecular complexity index is 908. The second kappa shape index (κ2) is 9.20. The molecular formula is C27H37NO3. The average Bonchev–Trinajstić information content (AvgIpc) is 2.74. The predicted octanol–water partition coefficient (Wildman–Crippen LogP) is 6.12. The summed E-state index contributed by atoms with van der Waals surface area (Å²) in [6, 6.07) is 13.0. The molecule has 168 valence electrons. The van der Waals surface area contributed by atoms with Crippen LogP contribution in [0, 0.1) is 17.3 Å². The van der Waals surface area contributed by atoms with Gasteiger partial charge in [-0.1, -0.05) is 39.0 Å². The van der Waals surface area contributed by atoms with Crippen molar-refractivity contribution in [2.75, 3.05) is 13.1 Å². The first-order chi connectivity index (χ1) is 14.8. The normalized spacial score (nSPS) is 25.5. The fourth-order valence-electron chi connectivity index (χ4n) is 5.34. The Morgan fingerprint density at radius 3 is 2.45 bits per heavy atom. The Morgan fingerprint density at radius 1 is 1.03 bits per heavy atom. The lowest BCUT2D eigenvalue weighted by molar-refractivity contribution is -0.143.